The minimum atomic E-state index is 0.846. The summed E-state index contributed by atoms with van der Waals surface area (Å²) < 4.78 is 7.41. The Morgan fingerprint density at radius 3 is 2.82 bits per heavy atom. The van der Waals surface area contributed by atoms with Crippen molar-refractivity contribution in [2.75, 3.05) is 32.5 Å². The summed E-state index contributed by atoms with van der Waals surface area (Å²) in [5, 5.41) is 9.51. The van der Waals surface area contributed by atoms with Crippen molar-refractivity contribution < 1.29 is 4.74 Å². The van der Waals surface area contributed by atoms with Gasteiger partial charge in [0, 0.05) is 18.4 Å². The molecule has 5 nitrogen and oxygen atoms in total. The SMILES string of the molecule is COc1cccc(-n2c(C)nnc2SCCN2CCCC2)c1. The first-order valence-corrected chi connectivity index (χ1v) is 8.68. The Morgan fingerprint density at radius 2 is 2.05 bits per heavy atom. The summed E-state index contributed by atoms with van der Waals surface area (Å²) in [7, 11) is 1.68. The number of thioether (sulfide) groups is 1. The molecule has 1 aliphatic rings. The summed E-state index contributed by atoms with van der Waals surface area (Å²) in [4.78, 5) is 2.52. The molecule has 0 aliphatic carbocycles. The molecule has 2 aromatic rings. The third-order valence-corrected chi connectivity index (χ3v) is 4.85. The van der Waals surface area contributed by atoms with Crippen LogP contribution in [0.3, 0.4) is 0 Å². The molecule has 0 N–H and O–H groups in total. The fourth-order valence-corrected chi connectivity index (χ4v) is 3.75. The van der Waals surface area contributed by atoms with Crippen molar-refractivity contribution in [2.24, 2.45) is 0 Å². The fourth-order valence-electron chi connectivity index (χ4n) is 2.76. The van der Waals surface area contributed by atoms with Gasteiger partial charge < -0.3 is 9.64 Å². The number of ether oxygens (including phenoxy) is 1. The van der Waals surface area contributed by atoms with E-state index < -0.39 is 0 Å². The minimum absolute atomic E-state index is 0.846. The number of methoxy groups -OCH3 is 1. The van der Waals surface area contributed by atoms with Crippen LogP contribution in [0.25, 0.3) is 5.69 Å². The topological polar surface area (TPSA) is 43.2 Å². The van der Waals surface area contributed by atoms with Gasteiger partial charge >= 0.3 is 0 Å². The third-order valence-electron chi connectivity index (χ3n) is 3.94. The van der Waals surface area contributed by atoms with Crippen molar-refractivity contribution in [1.82, 2.24) is 19.7 Å². The first kappa shape index (κ1) is 15.4. The Labute approximate surface area is 135 Å². The molecule has 1 saturated heterocycles. The average molecular weight is 318 g/mol. The first-order chi connectivity index (χ1) is 10.8. The highest BCUT2D eigenvalue weighted by atomic mass is 32.2. The molecule has 2 heterocycles. The number of hydrogen-bond acceptors (Lipinski definition) is 5. The van der Waals surface area contributed by atoms with Crippen molar-refractivity contribution >= 4 is 11.8 Å². The minimum Gasteiger partial charge on any atom is -0.497 e. The summed E-state index contributed by atoms with van der Waals surface area (Å²) in [6.07, 6.45) is 2.67. The van der Waals surface area contributed by atoms with E-state index in [-0.39, 0.29) is 0 Å². The standard InChI is InChI=1S/C16H22N4OS/c1-13-17-18-16(22-11-10-19-8-3-4-9-19)20(13)14-6-5-7-15(12-14)21-2/h5-7,12H,3-4,8-11H2,1-2H3. The molecule has 3 rings (SSSR count). The number of aryl methyl sites for hydroxylation is 1. The molecule has 1 fully saturated rings. The number of benzene rings is 1. The molecular weight excluding hydrogens is 296 g/mol. The highest BCUT2D eigenvalue weighted by Gasteiger charge is 2.14. The lowest BCUT2D eigenvalue weighted by molar-refractivity contribution is 0.362. The summed E-state index contributed by atoms with van der Waals surface area (Å²) in [5.41, 5.74) is 1.05. The molecule has 1 aliphatic heterocycles. The number of aromatic nitrogens is 3. The normalized spacial score (nSPS) is 15.4. The Balaban J connectivity index is 1.72. The van der Waals surface area contributed by atoms with Crippen LogP contribution >= 0.6 is 11.8 Å². The van der Waals surface area contributed by atoms with Crippen molar-refractivity contribution in [3.05, 3.63) is 30.1 Å². The number of rotatable bonds is 6. The van der Waals surface area contributed by atoms with Crippen LogP contribution in [0, 0.1) is 6.92 Å². The van der Waals surface area contributed by atoms with Gasteiger partial charge in [0.2, 0.25) is 0 Å². The van der Waals surface area contributed by atoms with E-state index in [2.05, 4.69) is 25.7 Å². The maximum absolute atomic E-state index is 5.31. The highest BCUT2D eigenvalue weighted by molar-refractivity contribution is 7.99. The molecule has 0 radical (unpaired) electrons. The van der Waals surface area contributed by atoms with Crippen LogP contribution in [0.4, 0.5) is 0 Å². The van der Waals surface area contributed by atoms with Crippen LogP contribution in [-0.2, 0) is 0 Å². The average Bonchev–Trinajstić information content (AvgIpc) is 3.17. The zero-order valence-electron chi connectivity index (χ0n) is 13.2. The van der Waals surface area contributed by atoms with E-state index in [1.54, 1.807) is 18.9 Å². The van der Waals surface area contributed by atoms with Crippen LogP contribution in [0.5, 0.6) is 5.75 Å². The fraction of sp³-hybridized carbons (Fsp3) is 0.500. The molecule has 22 heavy (non-hydrogen) atoms. The highest BCUT2D eigenvalue weighted by Crippen LogP contribution is 2.24. The molecule has 0 atom stereocenters. The van der Waals surface area contributed by atoms with E-state index in [9.17, 15) is 0 Å². The van der Waals surface area contributed by atoms with Gasteiger partial charge in [-0.3, -0.25) is 4.57 Å². The summed E-state index contributed by atoms with van der Waals surface area (Å²) in [6, 6.07) is 8.01. The third kappa shape index (κ3) is 3.44. The first-order valence-electron chi connectivity index (χ1n) is 7.69. The molecule has 1 aromatic carbocycles. The second kappa shape index (κ2) is 7.15. The lowest BCUT2D eigenvalue weighted by Crippen LogP contribution is -2.22. The van der Waals surface area contributed by atoms with E-state index >= 15 is 0 Å². The lowest BCUT2D eigenvalue weighted by atomic mass is 10.3. The maximum Gasteiger partial charge on any atom is 0.195 e. The molecule has 118 valence electrons. The number of likely N-dealkylation sites (tertiary alicyclic amines) is 1. The van der Waals surface area contributed by atoms with Crippen LogP contribution < -0.4 is 4.74 Å². The number of nitrogens with zero attached hydrogens (tertiary/aromatic N) is 4. The zero-order chi connectivity index (χ0) is 15.4. The van der Waals surface area contributed by atoms with E-state index in [1.807, 2.05) is 25.1 Å². The Morgan fingerprint density at radius 1 is 1.23 bits per heavy atom. The predicted molar refractivity (Wildman–Crippen MR) is 89.0 cm³/mol. The van der Waals surface area contributed by atoms with Crippen LogP contribution in [-0.4, -0.2) is 52.2 Å². The quantitative estimate of drug-likeness (QED) is 0.766. The van der Waals surface area contributed by atoms with E-state index in [4.69, 9.17) is 4.74 Å². The summed E-state index contributed by atoms with van der Waals surface area (Å²) in [6.45, 7) is 5.58. The van der Waals surface area contributed by atoms with Gasteiger partial charge in [-0.25, -0.2) is 0 Å². The molecular formula is C16H22N4OS. The second-order valence-electron chi connectivity index (χ2n) is 5.46. The Bertz CT molecular complexity index is 622. The smallest absolute Gasteiger partial charge is 0.195 e. The summed E-state index contributed by atoms with van der Waals surface area (Å²) >= 11 is 1.77. The van der Waals surface area contributed by atoms with Gasteiger partial charge in [0.25, 0.3) is 0 Å². The van der Waals surface area contributed by atoms with Crippen LogP contribution in [0.1, 0.15) is 18.7 Å². The van der Waals surface area contributed by atoms with Gasteiger partial charge in [0.15, 0.2) is 5.16 Å². The van der Waals surface area contributed by atoms with Crippen molar-refractivity contribution in [2.45, 2.75) is 24.9 Å². The van der Waals surface area contributed by atoms with Gasteiger partial charge in [-0.2, -0.15) is 0 Å². The number of hydrogen-bond donors (Lipinski definition) is 0. The van der Waals surface area contributed by atoms with Gasteiger partial charge in [-0.1, -0.05) is 17.8 Å². The second-order valence-corrected chi connectivity index (χ2v) is 6.53. The van der Waals surface area contributed by atoms with Crippen LogP contribution in [0.15, 0.2) is 29.4 Å². The lowest BCUT2D eigenvalue weighted by Gasteiger charge is -2.14. The zero-order valence-corrected chi connectivity index (χ0v) is 14.0. The van der Waals surface area contributed by atoms with Gasteiger partial charge in [-0.15, -0.1) is 10.2 Å². The molecule has 0 saturated carbocycles. The molecule has 6 heteroatoms. The monoisotopic (exact) mass is 318 g/mol. The van der Waals surface area contributed by atoms with E-state index in [0.717, 1.165) is 34.7 Å². The van der Waals surface area contributed by atoms with Gasteiger partial charge in [0.1, 0.15) is 11.6 Å². The van der Waals surface area contributed by atoms with Crippen molar-refractivity contribution in [1.29, 1.82) is 0 Å². The molecule has 0 spiro atoms. The van der Waals surface area contributed by atoms with Gasteiger partial charge in [0.05, 0.1) is 12.8 Å². The summed E-state index contributed by atoms with van der Waals surface area (Å²) in [5.74, 6) is 2.79. The van der Waals surface area contributed by atoms with Gasteiger partial charge in [-0.05, 0) is 45.0 Å². The van der Waals surface area contributed by atoms with Crippen LogP contribution in [0.2, 0.25) is 0 Å². The maximum atomic E-state index is 5.31. The Hall–Kier alpha value is -1.53. The van der Waals surface area contributed by atoms with Crippen molar-refractivity contribution in [3.8, 4) is 11.4 Å². The van der Waals surface area contributed by atoms with Crippen molar-refractivity contribution in [3.63, 3.8) is 0 Å². The Kier molecular flexibility index (Phi) is 5.00. The molecule has 0 unspecified atom stereocenters. The predicted octanol–water partition coefficient (Wildman–Crippen LogP) is 2.77. The molecule has 0 bridgehead atoms. The largest absolute Gasteiger partial charge is 0.497 e. The molecule has 1 aromatic heterocycles. The van der Waals surface area contributed by atoms with E-state index in [1.165, 1.54) is 25.9 Å². The van der Waals surface area contributed by atoms with E-state index in [0.29, 0.717) is 0 Å². The molecule has 0 amide bonds.